The van der Waals surface area contributed by atoms with Crippen LogP contribution in [0.1, 0.15) is 28.9 Å². The number of nitrogens with zero attached hydrogens (tertiary/aromatic N) is 1. The molecule has 120 valence electrons. The highest BCUT2D eigenvalue weighted by atomic mass is 35.5. The molecule has 0 aliphatic rings. The summed E-state index contributed by atoms with van der Waals surface area (Å²) < 4.78 is 7.37. The number of nitrogens with one attached hydrogen (secondary N) is 1. The van der Waals surface area contributed by atoms with Gasteiger partial charge in [0.05, 0.1) is 0 Å². The number of aryl methyl sites for hydroxylation is 2. The molecule has 1 aromatic carbocycles. The van der Waals surface area contributed by atoms with E-state index < -0.39 is 0 Å². The first kappa shape index (κ1) is 17.1. The molecule has 0 saturated carbocycles. The third kappa shape index (κ3) is 3.92. The van der Waals surface area contributed by atoms with Crippen molar-refractivity contribution < 1.29 is 4.74 Å². The van der Waals surface area contributed by atoms with E-state index in [-0.39, 0.29) is 0 Å². The van der Waals surface area contributed by atoms with Crippen molar-refractivity contribution in [2.75, 3.05) is 20.3 Å². The fraction of sp³-hybridized carbons (Fsp3) is 0.444. The lowest BCUT2D eigenvalue weighted by Crippen LogP contribution is -2.16. The maximum absolute atomic E-state index is 6.07. The number of rotatable bonds is 7. The van der Waals surface area contributed by atoms with Gasteiger partial charge < -0.3 is 14.6 Å². The van der Waals surface area contributed by atoms with E-state index in [0.29, 0.717) is 0 Å². The third-order valence-corrected chi connectivity index (χ3v) is 4.19. The van der Waals surface area contributed by atoms with Crippen molar-refractivity contribution in [1.29, 1.82) is 0 Å². The molecule has 0 radical (unpaired) electrons. The van der Waals surface area contributed by atoms with Gasteiger partial charge in [0, 0.05) is 42.4 Å². The number of halogens is 1. The predicted octanol–water partition coefficient (Wildman–Crippen LogP) is 4.18. The maximum Gasteiger partial charge on any atom is 0.0485 e. The van der Waals surface area contributed by atoms with Crippen molar-refractivity contribution in [2.45, 2.75) is 33.7 Å². The second-order valence-corrected chi connectivity index (χ2v) is 6.12. The van der Waals surface area contributed by atoms with Crippen LogP contribution < -0.4 is 5.32 Å². The topological polar surface area (TPSA) is 26.2 Å². The summed E-state index contributed by atoms with van der Waals surface area (Å²) >= 11 is 6.07. The second kappa shape index (κ2) is 7.82. The molecule has 1 aromatic heterocycles. The Kier molecular flexibility index (Phi) is 6.07. The normalized spacial score (nSPS) is 11.1. The molecule has 0 aliphatic carbocycles. The first-order chi connectivity index (χ1) is 10.5. The lowest BCUT2D eigenvalue weighted by atomic mass is 10.2. The summed E-state index contributed by atoms with van der Waals surface area (Å²) in [5.41, 5.74) is 6.25. The Bertz CT molecular complexity index is 634. The fourth-order valence-electron chi connectivity index (χ4n) is 2.81. The molecule has 0 atom stereocenters. The van der Waals surface area contributed by atoms with E-state index in [4.69, 9.17) is 16.3 Å². The second-order valence-electron chi connectivity index (χ2n) is 5.69. The first-order valence-corrected chi connectivity index (χ1v) is 8.06. The molecule has 0 bridgehead atoms. The van der Waals surface area contributed by atoms with E-state index in [1.165, 1.54) is 28.2 Å². The highest BCUT2D eigenvalue weighted by Gasteiger charge is 2.12. The van der Waals surface area contributed by atoms with Crippen LogP contribution in [0.4, 0.5) is 0 Å². The molecule has 4 heteroatoms. The number of aromatic nitrogens is 1. The molecule has 1 N–H and O–H groups in total. The predicted molar refractivity (Wildman–Crippen MR) is 93.2 cm³/mol. The highest BCUT2D eigenvalue weighted by molar-refractivity contribution is 6.30. The van der Waals surface area contributed by atoms with Gasteiger partial charge in [0.15, 0.2) is 0 Å². The van der Waals surface area contributed by atoms with Crippen molar-refractivity contribution >= 4 is 11.6 Å². The Balaban J connectivity index is 2.16. The molecule has 0 unspecified atom stereocenters. The number of methoxy groups -OCH3 is 1. The van der Waals surface area contributed by atoms with Gasteiger partial charge in [-0.1, -0.05) is 11.6 Å². The van der Waals surface area contributed by atoms with Crippen LogP contribution in [-0.4, -0.2) is 24.8 Å². The largest absolute Gasteiger partial charge is 0.385 e. The van der Waals surface area contributed by atoms with Crippen LogP contribution >= 0.6 is 11.6 Å². The number of benzene rings is 1. The average molecular weight is 321 g/mol. The minimum Gasteiger partial charge on any atom is -0.385 e. The van der Waals surface area contributed by atoms with Crippen molar-refractivity contribution in [3.63, 3.8) is 0 Å². The van der Waals surface area contributed by atoms with Crippen LogP contribution in [0.25, 0.3) is 5.69 Å². The molecule has 0 spiro atoms. The number of hydrogen-bond acceptors (Lipinski definition) is 2. The number of ether oxygens (including phenoxy) is 1. The average Bonchev–Trinajstić information content (AvgIpc) is 2.74. The van der Waals surface area contributed by atoms with Gasteiger partial charge in [0.2, 0.25) is 0 Å². The van der Waals surface area contributed by atoms with Crippen LogP contribution in [0.3, 0.4) is 0 Å². The Morgan fingerprint density at radius 3 is 2.64 bits per heavy atom. The molecule has 0 amide bonds. The van der Waals surface area contributed by atoms with Crippen LogP contribution in [0.5, 0.6) is 0 Å². The van der Waals surface area contributed by atoms with E-state index in [1.54, 1.807) is 7.11 Å². The van der Waals surface area contributed by atoms with E-state index >= 15 is 0 Å². The van der Waals surface area contributed by atoms with Crippen LogP contribution in [0, 0.1) is 20.8 Å². The lowest BCUT2D eigenvalue weighted by molar-refractivity contribution is 0.194. The van der Waals surface area contributed by atoms with Crippen molar-refractivity contribution in [2.24, 2.45) is 0 Å². The smallest absolute Gasteiger partial charge is 0.0485 e. The molecular weight excluding hydrogens is 296 g/mol. The summed E-state index contributed by atoms with van der Waals surface area (Å²) in [5, 5.41) is 4.26. The molecule has 2 aromatic rings. The summed E-state index contributed by atoms with van der Waals surface area (Å²) in [6, 6.07) is 8.31. The Labute approximate surface area is 138 Å². The van der Waals surface area contributed by atoms with E-state index in [9.17, 15) is 0 Å². The Morgan fingerprint density at radius 2 is 1.95 bits per heavy atom. The van der Waals surface area contributed by atoms with Crippen LogP contribution in [-0.2, 0) is 11.3 Å². The summed E-state index contributed by atoms with van der Waals surface area (Å²) in [6.07, 6.45) is 1.03. The first-order valence-electron chi connectivity index (χ1n) is 7.68. The lowest BCUT2D eigenvalue weighted by Gasteiger charge is -2.13. The van der Waals surface area contributed by atoms with Gasteiger partial charge in [-0.25, -0.2) is 0 Å². The Hall–Kier alpha value is -1.29. The fourth-order valence-corrected chi connectivity index (χ4v) is 3.04. The summed E-state index contributed by atoms with van der Waals surface area (Å²) in [7, 11) is 1.74. The van der Waals surface area contributed by atoms with Gasteiger partial charge in [-0.2, -0.15) is 0 Å². The van der Waals surface area contributed by atoms with Crippen molar-refractivity contribution in [3.8, 4) is 5.69 Å². The van der Waals surface area contributed by atoms with Gasteiger partial charge >= 0.3 is 0 Å². The van der Waals surface area contributed by atoms with Gasteiger partial charge in [-0.15, -0.1) is 0 Å². The van der Waals surface area contributed by atoms with Gasteiger partial charge in [0.1, 0.15) is 0 Å². The van der Waals surface area contributed by atoms with Crippen molar-refractivity contribution in [3.05, 3.63) is 51.8 Å². The maximum atomic E-state index is 6.07. The SMILES string of the molecule is COCCCNCc1cc(C)n(-c2ccc(Cl)cc2C)c1C. The summed E-state index contributed by atoms with van der Waals surface area (Å²) in [4.78, 5) is 0. The zero-order chi connectivity index (χ0) is 16.1. The molecule has 22 heavy (non-hydrogen) atoms. The summed E-state index contributed by atoms with van der Waals surface area (Å²) in [6.45, 7) is 9.08. The van der Waals surface area contributed by atoms with Gasteiger partial charge in [0.25, 0.3) is 0 Å². The van der Waals surface area contributed by atoms with E-state index in [0.717, 1.165) is 31.1 Å². The van der Waals surface area contributed by atoms with Gasteiger partial charge in [-0.3, -0.25) is 0 Å². The van der Waals surface area contributed by atoms with E-state index in [2.05, 4.69) is 42.8 Å². The molecule has 3 nitrogen and oxygen atoms in total. The van der Waals surface area contributed by atoms with E-state index in [1.807, 2.05) is 12.1 Å². The van der Waals surface area contributed by atoms with Crippen molar-refractivity contribution in [1.82, 2.24) is 9.88 Å². The molecule has 0 fully saturated rings. The quantitative estimate of drug-likeness (QED) is 0.774. The molecular formula is C18H25ClN2O. The highest BCUT2D eigenvalue weighted by Crippen LogP contribution is 2.25. The zero-order valence-corrected chi connectivity index (χ0v) is 14.6. The zero-order valence-electron chi connectivity index (χ0n) is 13.9. The third-order valence-electron chi connectivity index (χ3n) is 3.95. The monoisotopic (exact) mass is 320 g/mol. The molecule has 0 aliphatic heterocycles. The molecule has 0 saturated heterocycles. The number of hydrogen-bond donors (Lipinski definition) is 1. The van der Waals surface area contributed by atoms with Crippen LogP contribution in [0.15, 0.2) is 24.3 Å². The standard InChI is InChI=1S/C18H25ClN2O/c1-13-10-17(19)6-7-18(13)21-14(2)11-16(15(21)3)12-20-8-5-9-22-4/h6-7,10-11,20H,5,8-9,12H2,1-4H3. The van der Waals surface area contributed by atoms with Gasteiger partial charge in [-0.05, 0) is 69.1 Å². The molecule has 1 heterocycles. The Morgan fingerprint density at radius 1 is 1.18 bits per heavy atom. The minimum atomic E-state index is 0.781. The van der Waals surface area contributed by atoms with Crippen LogP contribution in [0.2, 0.25) is 5.02 Å². The summed E-state index contributed by atoms with van der Waals surface area (Å²) in [5.74, 6) is 0. The molecule has 2 rings (SSSR count). The minimum absolute atomic E-state index is 0.781.